The van der Waals surface area contributed by atoms with Crippen molar-refractivity contribution in [2.24, 2.45) is 0 Å². The van der Waals surface area contributed by atoms with E-state index in [9.17, 15) is 8.42 Å². The Morgan fingerprint density at radius 1 is 1.00 bits per heavy atom. The van der Waals surface area contributed by atoms with Gasteiger partial charge < -0.3 is 14.4 Å². The van der Waals surface area contributed by atoms with Gasteiger partial charge in [0.15, 0.2) is 6.29 Å². The highest BCUT2D eigenvalue weighted by atomic mass is 32.2. The monoisotopic (exact) mass is 347 g/mol. The number of hydrogen-bond acceptors (Lipinski definition) is 5. The Morgan fingerprint density at radius 3 is 2.35 bits per heavy atom. The molecule has 3 aliphatic heterocycles. The standard InChI is InChI=1S/C15H29N3O4S/c1-14-4-2-3-6-18(14)23(19,20)17-10-8-16(9-11-17)7-5-15-21-12-13-22-15/h14-15H,2-13H2,1H3/t14-/m1/s1. The van der Waals surface area contributed by atoms with E-state index in [-0.39, 0.29) is 12.3 Å². The third-order valence-electron chi connectivity index (χ3n) is 5.07. The lowest BCUT2D eigenvalue weighted by Crippen LogP contribution is -2.55. The predicted octanol–water partition coefficient (Wildman–Crippen LogP) is 0.486. The second kappa shape index (κ2) is 7.76. The summed E-state index contributed by atoms with van der Waals surface area (Å²) in [5.74, 6) is 0. The van der Waals surface area contributed by atoms with Gasteiger partial charge in [0.1, 0.15) is 0 Å². The highest BCUT2D eigenvalue weighted by Gasteiger charge is 2.36. The van der Waals surface area contributed by atoms with Gasteiger partial charge in [-0.05, 0) is 19.8 Å². The van der Waals surface area contributed by atoms with Gasteiger partial charge in [-0.3, -0.25) is 0 Å². The van der Waals surface area contributed by atoms with Gasteiger partial charge in [-0.25, -0.2) is 0 Å². The van der Waals surface area contributed by atoms with Crippen molar-refractivity contribution in [1.82, 2.24) is 13.5 Å². The highest BCUT2D eigenvalue weighted by molar-refractivity contribution is 7.86. The van der Waals surface area contributed by atoms with E-state index in [0.29, 0.717) is 32.8 Å². The molecule has 0 spiro atoms. The molecule has 0 aromatic heterocycles. The Labute approximate surface area is 139 Å². The number of rotatable bonds is 5. The minimum Gasteiger partial charge on any atom is -0.350 e. The summed E-state index contributed by atoms with van der Waals surface area (Å²) in [4.78, 5) is 2.30. The van der Waals surface area contributed by atoms with Gasteiger partial charge >= 0.3 is 0 Å². The molecule has 0 aromatic carbocycles. The molecule has 1 atom stereocenters. The summed E-state index contributed by atoms with van der Waals surface area (Å²) in [6.45, 7) is 7.70. The van der Waals surface area contributed by atoms with Crippen LogP contribution >= 0.6 is 0 Å². The average molecular weight is 347 g/mol. The molecular formula is C15H29N3O4S. The minimum absolute atomic E-state index is 0.0778. The molecule has 3 fully saturated rings. The lowest BCUT2D eigenvalue weighted by molar-refractivity contribution is -0.0525. The van der Waals surface area contributed by atoms with Crippen LogP contribution in [0.3, 0.4) is 0 Å². The summed E-state index contributed by atoms with van der Waals surface area (Å²) in [5.41, 5.74) is 0. The van der Waals surface area contributed by atoms with Crippen LogP contribution in [0.5, 0.6) is 0 Å². The van der Waals surface area contributed by atoms with Crippen molar-refractivity contribution in [3.8, 4) is 0 Å². The number of ether oxygens (including phenoxy) is 2. The average Bonchev–Trinajstić information content (AvgIpc) is 3.07. The smallest absolute Gasteiger partial charge is 0.282 e. The summed E-state index contributed by atoms with van der Waals surface area (Å²) >= 11 is 0. The summed E-state index contributed by atoms with van der Waals surface area (Å²) in [7, 11) is -3.30. The highest BCUT2D eigenvalue weighted by Crippen LogP contribution is 2.23. The zero-order chi connectivity index (χ0) is 16.3. The Balaban J connectivity index is 1.47. The molecule has 3 rings (SSSR count). The van der Waals surface area contributed by atoms with Crippen LogP contribution in [0.4, 0.5) is 0 Å². The van der Waals surface area contributed by atoms with Gasteiger partial charge in [0.05, 0.1) is 13.2 Å². The number of piperazine rings is 1. The van der Waals surface area contributed by atoms with Crippen LogP contribution < -0.4 is 0 Å². The molecule has 23 heavy (non-hydrogen) atoms. The van der Waals surface area contributed by atoms with Gasteiger partial charge in [-0.15, -0.1) is 0 Å². The molecular weight excluding hydrogens is 318 g/mol. The summed E-state index contributed by atoms with van der Waals surface area (Å²) < 4.78 is 39.9. The number of nitrogens with zero attached hydrogens (tertiary/aromatic N) is 3. The molecule has 0 amide bonds. The summed E-state index contributed by atoms with van der Waals surface area (Å²) in [6, 6.07) is 0.128. The normalized spacial score (nSPS) is 30.0. The predicted molar refractivity (Wildman–Crippen MR) is 87.3 cm³/mol. The fourth-order valence-electron chi connectivity index (χ4n) is 3.61. The SMILES string of the molecule is C[C@@H]1CCCCN1S(=O)(=O)N1CCN(CCC2OCCO2)CC1. The fourth-order valence-corrected chi connectivity index (χ4v) is 5.45. The van der Waals surface area contributed by atoms with E-state index in [2.05, 4.69) is 4.90 Å². The molecule has 3 heterocycles. The Morgan fingerprint density at radius 2 is 1.70 bits per heavy atom. The zero-order valence-corrected chi connectivity index (χ0v) is 14.8. The van der Waals surface area contributed by atoms with Crippen LogP contribution in [0, 0.1) is 0 Å². The molecule has 0 saturated carbocycles. The van der Waals surface area contributed by atoms with Crippen LogP contribution in [0.15, 0.2) is 0 Å². The Hall–Kier alpha value is -0.250. The molecule has 0 bridgehead atoms. The van der Waals surface area contributed by atoms with E-state index in [1.165, 1.54) is 0 Å². The van der Waals surface area contributed by atoms with Crippen molar-refractivity contribution in [3.63, 3.8) is 0 Å². The van der Waals surface area contributed by atoms with Gasteiger partial charge in [0.2, 0.25) is 0 Å². The lowest BCUT2D eigenvalue weighted by atomic mass is 10.1. The van der Waals surface area contributed by atoms with Gasteiger partial charge in [0.25, 0.3) is 10.2 Å². The maximum absolute atomic E-state index is 12.8. The van der Waals surface area contributed by atoms with E-state index < -0.39 is 10.2 Å². The first-order valence-electron chi connectivity index (χ1n) is 8.80. The zero-order valence-electron chi connectivity index (χ0n) is 14.0. The maximum atomic E-state index is 12.8. The Bertz CT molecular complexity index is 473. The maximum Gasteiger partial charge on any atom is 0.282 e. The first kappa shape index (κ1) is 17.6. The van der Waals surface area contributed by atoms with Crippen LogP contribution in [0.1, 0.15) is 32.6 Å². The minimum atomic E-state index is -3.30. The first-order valence-corrected chi connectivity index (χ1v) is 10.2. The van der Waals surface area contributed by atoms with Crippen LogP contribution in [0.2, 0.25) is 0 Å². The van der Waals surface area contributed by atoms with E-state index in [4.69, 9.17) is 9.47 Å². The topological polar surface area (TPSA) is 62.3 Å². The van der Waals surface area contributed by atoms with Crippen molar-refractivity contribution in [3.05, 3.63) is 0 Å². The summed E-state index contributed by atoms with van der Waals surface area (Å²) in [5, 5.41) is 0. The molecule has 0 aromatic rings. The van der Waals surface area contributed by atoms with Crippen molar-refractivity contribution < 1.29 is 17.9 Å². The van der Waals surface area contributed by atoms with Gasteiger partial charge in [0, 0.05) is 51.7 Å². The lowest BCUT2D eigenvalue weighted by Gasteiger charge is -2.40. The van der Waals surface area contributed by atoms with Crippen molar-refractivity contribution >= 4 is 10.2 Å². The molecule has 8 heteroatoms. The molecule has 0 unspecified atom stereocenters. The van der Waals surface area contributed by atoms with Crippen LogP contribution in [-0.2, 0) is 19.7 Å². The number of piperidine rings is 1. The number of hydrogen-bond donors (Lipinski definition) is 0. The first-order chi connectivity index (χ1) is 11.1. The van der Waals surface area contributed by atoms with Crippen LogP contribution in [0.25, 0.3) is 0 Å². The molecule has 3 aliphatic rings. The van der Waals surface area contributed by atoms with E-state index in [1.807, 2.05) is 6.92 Å². The van der Waals surface area contributed by atoms with Crippen molar-refractivity contribution in [1.29, 1.82) is 0 Å². The van der Waals surface area contributed by atoms with E-state index in [0.717, 1.165) is 45.3 Å². The van der Waals surface area contributed by atoms with Crippen LogP contribution in [-0.4, -0.2) is 86.7 Å². The van der Waals surface area contributed by atoms with E-state index in [1.54, 1.807) is 8.61 Å². The summed E-state index contributed by atoms with van der Waals surface area (Å²) in [6.07, 6.45) is 3.86. The van der Waals surface area contributed by atoms with Gasteiger partial charge in [-0.2, -0.15) is 17.0 Å². The largest absolute Gasteiger partial charge is 0.350 e. The van der Waals surface area contributed by atoms with Crippen molar-refractivity contribution in [2.75, 3.05) is 52.5 Å². The quantitative estimate of drug-likeness (QED) is 0.724. The molecule has 134 valence electrons. The Kier molecular flexibility index (Phi) is 5.92. The molecule has 0 radical (unpaired) electrons. The van der Waals surface area contributed by atoms with Crippen molar-refractivity contribution in [2.45, 2.75) is 44.9 Å². The molecule has 0 aliphatic carbocycles. The van der Waals surface area contributed by atoms with Gasteiger partial charge in [-0.1, -0.05) is 6.42 Å². The third-order valence-corrected chi connectivity index (χ3v) is 7.22. The molecule has 0 N–H and O–H groups in total. The second-order valence-electron chi connectivity index (χ2n) is 6.66. The fraction of sp³-hybridized carbons (Fsp3) is 1.00. The van der Waals surface area contributed by atoms with E-state index >= 15 is 0 Å². The molecule has 3 saturated heterocycles. The third kappa shape index (κ3) is 4.24. The second-order valence-corrected chi connectivity index (χ2v) is 8.54. The molecule has 7 nitrogen and oxygen atoms in total.